The fourth-order valence-corrected chi connectivity index (χ4v) is 4.48. The maximum absolute atomic E-state index is 13.7. The van der Waals surface area contributed by atoms with E-state index >= 15 is 0 Å². The number of aromatic nitrogens is 1. The molecule has 1 saturated heterocycles. The second-order valence-electron chi connectivity index (χ2n) is 9.31. The fourth-order valence-electron chi connectivity index (χ4n) is 4.22. The van der Waals surface area contributed by atoms with Crippen LogP contribution >= 0.6 is 11.6 Å². The first-order valence-electron chi connectivity index (χ1n) is 11.6. The molecular formula is C28H24ClFN4O3. The number of hydrogen-bond acceptors (Lipinski definition) is 5. The van der Waals surface area contributed by atoms with Crippen molar-refractivity contribution in [2.75, 3.05) is 18.8 Å². The minimum Gasteiger partial charge on any atom is -0.458 e. The maximum Gasteiger partial charge on any atom is 0.254 e. The molecule has 0 radical (unpaired) electrons. The van der Waals surface area contributed by atoms with Gasteiger partial charge >= 0.3 is 0 Å². The van der Waals surface area contributed by atoms with Gasteiger partial charge in [-0.05, 0) is 72.2 Å². The van der Waals surface area contributed by atoms with Crippen LogP contribution in [-0.4, -0.2) is 40.5 Å². The van der Waals surface area contributed by atoms with E-state index in [-0.39, 0.29) is 31.4 Å². The third kappa shape index (κ3) is 5.49. The van der Waals surface area contributed by atoms with Crippen LogP contribution < -0.4 is 11.1 Å². The van der Waals surface area contributed by atoms with Gasteiger partial charge in [-0.25, -0.2) is 9.37 Å². The molecule has 37 heavy (non-hydrogen) atoms. The minimum absolute atomic E-state index is 0.111. The molecule has 5 rings (SSSR count). The van der Waals surface area contributed by atoms with Gasteiger partial charge in [0.2, 0.25) is 5.91 Å². The number of nitrogens with zero attached hydrogens (tertiary/aromatic N) is 2. The highest BCUT2D eigenvalue weighted by Crippen LogP contribution is 2.33. The van der Waals surface area contributed by atoms with E-state index in [2.05, 4.69) is 10.3 Å². The molecule has 2 aromatic heterocycles. The van der Waals surface area contributed by atoms with Crippen molar-refractivity contribution in [1.29, 1.82) is 0 Å². The average molecular weight is 519 g/mol. The molecule has 1 aliphatic rings. The van der Waals surface area contributed by atoms with Gasteiger partial charge < -0.3 is 20.4 Å². The van der Waals surface area contributed by atoms with Crippen LogP contribution in [0.3, 0.4) is 0 Å². The first-order chi connectivity index (χ1) is 17.7. The Bertz CT molecular complexity index is 1500. The van der Waals surface area contributed by atoms with Gasteiger partial charge in [0, 0.05) is 23.2 Å². The molecule has 1 aliphatic heterocycles. The van der Waals surface area contributed by atoms with E-state index in [1.807, 2.05) is 24.3 Å². The van der Waals surface area contributed by atoms with Crippen molar-refractivity contribution in [3.05, 3.63) is 88.8 Å². The van der Waals surface area contributed by atoms with E-state index < -0.39 is 5.67 Å². The number of fused-ring (bicyclic) bond motifs is 1. The third-order valence-corrected chi connectivity index (χ3v) is 6.37. The molecule has 0 aliphatic carbocycles. The van der Waals surface area contributed by atoms with Crippen LogP contribution in [0.5, 0.6) is 0 Å². The number of carbonyl (C=O) groups excluding carboxylic acids is 2. The quantitative estimate of drug-likeness (QED) is 0.340. The maximum atomic E-state index is 13.7. The molecule has 3 N–H and O–H groups in total. The Hall–Kier alpha value is -4.17. The summed E-state index contributed by atoms with van der Waals surface area (Å²) in [6.45, 7) is 1.90. The Balaban J connectivity index is 1.25. The predicted octanol–water partition coefficient (Wildman–Crippen LogP) is 5.24. The normalized spacial score (nSPS) is 14.6. The minimum atomic E-state index is -1.31. The van der Waals surface area contributed by atoms with Gasteiger partial charge in [-0.3, -0.25) is 9.59 Å². The second kappa shape index (κ2) is 9.71. The van der Waals surface area contributed by atoms with Crippen molar-refractivity contribution < 1.29 is 18.4 Å². The summed E-state index contributed by atoms with van der Waals surface area (Å²) in [6, 6.07) is 16.1. The molecule has 0 atom stereocenters. The monoisotopic (exact) mass is 518 g/mol. The summed E-state index contributed by atoms with van der Waals surface area (Å²) in [5, 5.41) is 4.00. The van der Waals surface area contributed by atoms with Crippen molar-refractivity contribution in [3.8, 4) is 11.1 Å². The topological polar surface area (TPSA) is 101 Å². The van der Waals surface area contributed by atoms with Crippen molar-refractivity contribution >= 4 is 46.3 Å². The molecule has 1 fully saturated rings. The van der Waals surface area contributed by atoms with Gasteiger partial charge in [0.05, 0.1) is 24.7 Å². The van der Waals surface area contributed by atoms with Crippen LogP contribution in [0.2, 0.25) is 5.02 Å². The predicted molar refractivity (Wildman–Crippen MR) is 142 cm³/mol. The van der Waals surface area contributed by atoms with Crippen LogP contribution in [0.25, 0.3) is 28.2 Å². The van der Waals surface area contributed by atoms with Crippen molar-refractivity contribution in [2.24, 2.45) is 0 Å². The summed E-state index contributed by atoms with van der Waals surface area (Å²) in [4.78, 5) is 30.2. The molecular weight excluding hydrogens is 495 g/mol. The summed E-state index contributed by atoms with van der Waals surface area (Å²) >= 11 is 6.49. The number of benzene rings is 2. The number of rotatable bonds is 6. The van der Waals surface area contributed by atoms with E-state index in [1.54, 1.807) is 42.6 Å². The fraction of sp³-hybridized carbons (Fsp3) is 0.179. The number of nitrogen functional groups attached to an aromatic ring is 1. The smallest absolute Gasteiger partial charge is 0.254 e. The molecule has 9 heteroatoms. The average Bonchev–Trinajstić information content (AvgIpc) is 3.29. The van der Waals surface area contributed by atoms with Crippen LogP contribution in [-0.2, 0) is 11.3 Å². The van der Waals surface area contributed by atoms with Gasteiger partial charge in [0.15, 0.2) is 5.58 Å². The molecule has 0 bridgehead atoms. The van der Waals surface area contributed by atoms with Gasteiger partial charge in [0.1, 0.15) is 17.2 Å². The molecule has 0 saturated carbocycles. The first kappa shape index (κ1) is 24.5. The van der Waals surface area contributed by atoms with Crippen LogP contribution in [0, 0.1) is 0 Å². The van der Waals surface area contributed by atoms with E-state index in [0.29, 0.717) is 27.7 Å². The zero-order valence-corrected chi connectivity index (χ0v) is 20.8. The number of hydrogen-bond donors (Lipinski definition) is 2. The van der Waals surface area contributed by atoms with Gasteiger partial charge in [-0.15, -0.1) is 0 Å². The standard InChI is InChI=1S/C28H24ClFN4O3/c1-28(30)15-34(16-28)27(36)19-6-4-18(5-7-19)20-10-21-11-22(37-26(21)23(29)12-20)14-33-25(35)9-3-17-2-8-24(31)32-13-17/h2-13H,14-16H2,1H3,(H2,31,32)(H,33,35)/b9-3+. The lowest BCUT2D eigenvalue weighted by molar-refractivity contribution is -0.116. The lowest BCUT2D eigenvalue weighted by Gasteiger charge is -2.42. The number of pyridine rings is 1. The molecule has 4 aromatic rings. The van der Waals surface area contributed by atoms with Crippen LogP contribution in [0.1, 0.15) is 28.6 Å². The number of furan rings is 1. The highest BCUT2D eigenvalue weighted by atomic mass is 35.5. The first-order valence-corrected chi connectivity index (χ1v) is 12.0. The Kier molecular flexibility index (Phi) is 6.43. The number of nitrogens with one attached hydrogen (secondary N) is 1. The van der Waals surface area contributed by atoms with Gasteiger partial charge in [-0.2, -0.15) is 0 Å². The Labute approximate surface area is 217 Å². The molecule has 2 aromatic carbocycles. The number of halogens is 2. The number of amides is 2. The van der Waals surface area contributed by atoms with E-state index in [9.17, 15) is 14.0 Å². The number of carbonyl (C=O) groups is 2. The van der Waals surface area contributed by atoms with Gasteiger partial charge in [-0.1, -0.05) is 23.7 Å². The number of anilines is 1. The third-order valence-electron chi connectivity index (χ3n) is 6.09. The number of nitrogens with two attached hydrogens (primary N) is 1. The summed E-state index contributed by atoms with van der Waals surface area (Å²) in [5.41, 5.74) is 7.78. The molecule has 188 valence electrons. The second-order valence-corrected chi connectivity index (χ2v) is 9.72. The Morgan fingerprint density at radius 3 is 2.59 bits per heavy atom. The highest BCUT2D eigenvalue weighted by Gasteiger charge is 2.41. The van der Waals surface area contributed by atoms with Crippen LogP contribution in [0.15, 0.2) is 71.3 Å². The molecule has 0 spiro atoms. The molecule has 2 amide bonds. The Morgan fingerprint density at radius 1 is 1.16 bits per heavy atom. The molecule has 3 heterocycles. The summed E-state index contributed by atoms with van der Waals surface area (Å²) in [6.07, 6.45) is 4.63. The van der Waals surface area contributed by atoms with E-state index in [1.165, 1.54) is 17.9 Å². The summed E-state index contributed by atoms with van der Waals surface area (Å²) < 4.78 is 19.6. The zero-order valence-electron chi connectivity index (χ0n) is 20.0. The summed E-state index contributed by atoms with van der Waals surface area (Å²) in [7, 11) is 0. The van der Waals surface area contributed by atoms with Crippen molar-refractivity contribution in [3.63, 3.8) is 0 Å². The lowest BCUT2D eigenvalue weighted by atomic mass is 9.97. The SMILES string of the molecule is CC1(F)CN(C(=O)c2ccc(-c3cc(Cl)c4oc(CNC(=O)/C=C/c5ccc(N)nc5)cc4c3)cc2)C1. The summed E-state index contributed by atoms with van der Waals surface area (Å²) in [5.74, 6) is 0.500. The lowest BCUT2D eigenvalue weighted by Crippen LogP contribution is -2.59. The van der Waals surface area contributed by atoms with Crippen molar-refractivity contribution in [2.45, 2.75) is 19.1 Å². The molecule has 0 unspecified atom stereocenters. The largest absolute Gasteiger partial charge is 0.458 e. The van der Waals surface area contributed by atoms with Crippen molar-refractivity contribution in [1.82, 2.24) is 15.2 Å². The van der Waals surface area contributed by atoms with E-state index in [0.717, 1.165) is 22.1 Å². The van der Waals surface area contributed by atoms with Crippen LogP contribution in [0.4, 0.5) is 10.2 Å². The number of alkyl halides is 1. The zero-order chi connectivity index (χ0) is 26.2. The Morgan fingerprint density at radius 2 is 1.92 bits per heavy atom. The molecule has 7 nitrogen and oxygen atoms in total. The highest BCUT2D eigenvalue weighted by molar-refractivity contribution is 6.35. The van der Waals surface area contributed by atoms with Gasteiger partial charge in [0.25, 0.3) is 5.91 Å². The number of likely N-dealkylation sites (tertiary alicyclic amines) is 1. The van der Waals surface area contributed by atoms with E-state index in [4.69, 9.17) is 21.8 Å².